The predicted molar refractivity (Wildman–Crippen MR) is 69.9 cm³/mol. The zero-order chi connectivity index (χ0) is 14.8. The molecule has 0 fully saturated rings. The molecule has 0 atom stereocenters. The lowest BCUT2D eigenvalue weighted by Crippen LogP contribution is -2.50. The first-order valence-corrected chi connectivity index (χ1v) is 5.84. The maximum absolute atomic E-state index is 12.0. The van der Waals surface area contributed by atoms with Gasteiger partial charge in [0.1, 0.15) is 6.54 Å². The van der Waals surface area contributed by atoms with E-state index in [-0.39, 0.29) is 19.1 Å². The molecular formula is C12H19N3O4. The number of likely N-dealkylation sites (N-methyl/N-ethyl adjacent to an activating group) is 1. The van der Waals surface area contributed by atoms with Gasteiger partial charge >= 0.3 is 5.69 Å². The van der Waals surface area contributed by atoms with Crippen molar-refractivity contribution in [2.45, 2.75) is 25.9 Å². The average molecular weight is 269 g/mol. The van der Waals surface area contributed by atoms with Crippen LogP contribution in [0.5, 0.6) is 0 Å². The van der Waals surface area contributed by atoms with Crippen molar-refractivity contribution in [3.05, 3.63) is 33.1 Å². The normalized spacial score (nSPS) is 11.4. The molecule has 0 aliphatic carbocycles. The zero-order valence-corrected chi connectivity index (χ0v) is 11.6. The maximum Gasteiger partial charge on any atom is 0.331 e. The summed E-state index contributed by atoms with van der Waals surface area (Å²) < 4.78 is 2.10. The fraction of sp³-hybridized carbons (Fsp3) is 0.583. The average Bonchev–Trinajstić information content (AvgIpc) is 2.38. The van der Waals surface area contributed by atoms with Crippen LogP contribution in [-0.2, 0) is 18.4 Å². The Bertz CT molecular complexity index is 585. The zero-order valence-electron chi connectivity index (χ0n) is 11.6. The molecule has 0 aliphatic rings. The van der Waals surface area contributed by atoms with E-state index in [1.54, 1.807) is 20.9 Å². The van der Waals surface area contributed by atoms with Gasteiger partial charge < -0.3 is 10.0 Å². The lowest BCUT2D eigenvalue weighted by Gasteiger charge is -2.34. The Labute approximate surface area is 110 Å². The van der Waals surface area contributed by atoms with Crippen molar-refractivity contribution in [3.63, 3.8) is 0 Å². The number of aliphatic hydroxyl groups is 1. The Kier molecular flexibility index (Phi) is 4.31. The van der Waals surface area contributed by atoms with Crippen LogP contribution in [0.3, 0.4) is 0 Å². The molecule has 1 amide bonds. The Balaban J connectivity index is 2.99. The number of rotatable bonds is 4. The number of hydrogen-bond donors (Lipinski definition) is 1. The van der Waals surface area contributed by atoms with Gasteiger partial charge in [-0.05, 0) is 13.8 Å². The second-order valence-corrected chi connectivity index (χ2v) is 5.05. The van der Waals surface area contributed by atoms with Crippen LogP contribution in [0.15, 0.2) is 21.9 Å². The molecule has 1 aromatic rings. The standard InChI is InChI=1S/C12H19N3O4/c1-12(2,8-16)14(4)10(18)7-15-6-5-9(17)13(3)11(15)19/h5-6,16H,7-8H2,1-4H3. The summed E-state index contributed by atoms with van der Waals surface area (Å²) in [4.78, 5) is 36.4. The van der Waals surface area contributed by atoms with Crippen molar-refractivity contribution in [2.75, 3.05) is 13.7 Å². The maximum atomic E-state index is 12.0. The number of aliphatic hydroxyl groups excluding tert-OH is 1. The molecular weight excluding hydrogens is 250 g/mol. The van der Waals surface area contributed by atoms with E-state index in [1.165, 1.54) is 24.2 Å². The second kappa shape index (κ2) is 5.40. The quantitative estimate of drug-likeness (QED) is 0.742. The van der Waals surface area contributed by atoms with Crippen molar-refractivity contribution < 1.29 is 9.90 Å². The van der Waals surface area contributed by atoms with Crippen molar-refractivity contribution in [1.82, 2.24) is 14.0 Å². The summed E-state index contributed by atoms with van der Waals surface area (Å²) in [6, 6.07) is 1.23. The van der Waals surface area contributed by atoms with Crippen LogP contribution in [-0.4, -0.2) is 44.2 Å². The molecule has 0 aromatic carbocycles. The minimum absolute atomic E-state index is 0.174. The van der Waals surface area contributed by atoms with Crippen LogP contribution in [0.25, 0.3) is 0 Å². The van der Waals surface area contributed by atoms with Crippen molar-refractivity contribution in [3.8, 4) is 0 Å². The van der Waals surface area contributed by atoms with Crippen LogP contribution in [0.4, 0.5) is 0 Å². The van der Waals surface area contributed by atoms with Gasteiger partial charge in [-0.25, -0.2) is 4.79 Å². The molecule has 19 heavy (non-hydrogen) atoms. The largest absolute Gasteiger partial charge is 0.394 e. The Hall–Kier alpha value is -1.89. The molecule has 1 rings (SSSR count). The molecule has 1 heterocycles. The summed E-state index contributed by atoms with van der Waals surface area (Å²) >= 11 is 0. The fourth-order valence-electron chi connectivity index (χ4n) is 1.43. The van der Waals surface area contributed by atoms with Crippen LogP contribution in [0, 0.1) is 0 Å². The molecule has 0 unspecified atom stereocenters. The molecule has 7 heteroatoms. The molecule has 0 radical (unpaired) electrons. The highest BCUT2D eigenvalue weighted by Crippen LogP contribution is 2.11. The summed E-state index contributed by atoms with van der Waals surface area (Å²) in [5.74, 6) is -0.320. The number of hydrogen-bond acceptors (Lipinski definition) is 4. The molecule has 0 bridgehead atoms. The van der Waals surface area contributed by atoms with Gasteiger partial charge in [-0.15, -0.1) is 0 Å². The van der Waals surface area contributed by atoms with E-state index < -0.39 is 16.8 Å². The van der Waals surface area contributed by atoms with E-state index in [0.717, 1.165) is 9.13 Å². The lowest BCUT2D eigenvalue weighted by atomic mass is 10.1. The van der Waals surface area contributed by atoms with Gasteiger partial charge in [0.25, 0.3) is 5.56 Å². The smallest absolute Gasteiger partial charge is 0.331 e. The van der Waals surface area contributed by atoms with Crippen LogP contribution in [0.1, 0.15) is 13.8 Å². The van der Waals surface area contributed by atoms with Gasteiger partial charge in [0.05, 0.1) is 12.1 Å². The van der Waals surface area contributed by atoms with E-state index in [4.69, 9.17) is 0 Å². The summed E-state index contributed by atoms with van der Waals surface area (Å²) in [5, 5.41) is 9.21. The minimum atomic E-state index is -0.707. The number of nitrogens with zero attached hydrogens (tertiary/aromatic N) is 3. The first-order valence-electron chi connectivity index (χ1n) is 5.84. The highest BCUT2D eigenvalue weighted by atomic mass is 16.3. The number of carbonyl (C=O) groups is 1. The summed E-state index contributed by atoms with van der Waals surface area (Å²) in [6.45, 7) is 3.08. The second-order valence-electron chi connectivity index (χ2n) is 5.05. The number of aromatic nitrogens is 2. The third-order valence-corrected chi connectivity index (χ3v) is 3.23. The number of carbonyl (C=O) groups excluding carboxylic acids is 1. The van der Waals surface area contributed by atoms with E-state index in [1.807, 2.05) is 0 Å². The highest BCUT2D eigenvalue weighted by molar-refractivity contribution is 5.76. The summed E-state index contributed by atoms with van der Waals surface area (Å²) in [7, 11) is 2.92. The molecule has 0 spiro atoms. The van der Waals surface area contributed by atoms with Gasteiger partial charge in [-0.2, -0.15) is 0 Å². The number of amides is 1. The Morgan fingerprint density at radius 2 is 2.00 bits per heavy atom. The van der Waals surface area contributed by atoms with Crippen molar-refractivity contribution in [1.29, 1.82) is 0 Å². The lowest BCUT2D eigenvalue weighted by molar-refractivity contribution is -0.136. The summed E-state index contributed by atoms with van der Waals surface area (Å²) in [5.41, 5.74) is -1.67. The molecule has 0 aliphatic heterocycles. The first-order chi connectivity index (χ1) is 8.70. The third-order valence-electron chi connectivity index (χ3n) is 3.23. The van der Waals surface area contributed by atoms with E-state index >= 15 is 0 Å². The molecule has 1 N–H and O–H groups in total. The first kappa shape index (κ1) is 15.2. The highest BCUT2D eigenvalue weighted by Gasteiger charge is 2.26. The SMILES string of the molecule is CN(C(=O)Cn1ccc(=O)n(C)c1=O)C(C)(C)CO. The van der Waals surface area contributed by atoms with Crippen LogP contribution in [0.2, 0.25) is 0 Å². The van der Waals surface area contributed by atoms with Gasteiger partial charge in [0.15, 0.2) is 0 Å². The van der Waals surface area contributed by atoms with Gasteiger partial charge in [0.2, 0.25) is 5.91 Å². The van der Waals surface area contributed by atoms with Crippen molar-refractivity contribution >= 4 is 5.91 Å². The molecule has 7 nitrogen and oxygen atoms in total. The predicted octanol–water partition coefficient (Wildman–Crippen LogP) is -1.22. The van der Waals surface area contributed by atoms with Crippen LogP contribution >= 0.6 is 0 Å². The molecule has 0 saturated heterocycles. The van der Waals surface area contributed by atoms with E-state index in [2.05, 4.69) is 0 Å². The van der Waals surface area contributed by atoms with E-state index in [9.17, 15) is 19.5 Å². The minimum Gasteiger partial charge on any atom is -0.394 e. The molecule has 106 valence electrons. The Morgan fingerprint density at radius 1 is 1.42 bits per heavy atom. The fourth-order valence-corrected chi connectivity index (χ4v) is 1.43. The monoisotopic (exact) mass is 269 g/mol. The van der Waals surface area contributed by atoms with Gasteiger partial charge in [0, 0.05) is 26.4 Å². The van der Waals surface area contributed by atoms with Gasteiger partial charge in [-0.1, -0.05) is 0 Å². The molecule has 1 aromatic heterocycles. The third kappa shape index (κ3) is 3.11. The van der Waals surface area contributed by atoms with Gasteiger partial charge in [-0.3, -0.25) is 18.7 Å². The van der Waals surface area contributed by atoms with E-state index in [0.29, 0.717) is 0 Å². The topological polar surface area (TPSA) is 84.5 Å². The Morgan fingerprint density at radius 3 is 2.53 bits per heavy atom. The van der Waals surface area contributed by atoms with Crippen molar-refractivity contribution in [2.24, 2.45) is 7.05 Å². The van der Waals surface area contributed by atoms with Crippen LogP contribution < -0.4 is 11.2 Å². The summed E-state index contributed by atoms with van der Waals surface area (Å²) in [6.07, 6.45) is 1.29. The molecule has 0 saturated carbocycles.